The Morgan fingerprint density at radius 1 is 1.03 bits per heavy atom. The standard InChI is InChI=1S/C25H27F2NO5/c1-15-4-6-16(7-5-15)24(30)28-12-2-3-22(29)19-13-21(27)23(14-20(19)26)33-18-10-8-17(9-11-18)25(31)32/h4-7,13-14,17-18H,2-3,8-12H2,1H3,(H,28,30)(H,31,32). The second kappa shape index (κ2) is 11.0. The highest BCUT2D eigenvalue weighted by molar-refractivity contribution is 5.96. The number of hydrogen-bond donors (Lipinski definition) is 2. The topological polar surface area (TPSA) is 92.7 Å². The SMILES string of the molecule is Cc1ccc(C(=O)NCCCC(=O)c2cc(F)c(OC3CCC(C(=O)O)CC3)cc2F)cc1. The van der Waals surface area contributed by atoms with E-state index < -0.39 is 35.4 Å². The Bertz CT molecular complexity index is 1010. The Morgan fingerprint density at radius 3 is 2.33 bits per heavy atom. The van der Waals surface area contributed by atoms with E-state index in [4.69, 9.17) is 9.84 Å². The second-order valence-corrected chi connectivity index (χ2v) is 8.34. The van der Waals surface area contributed by atoms with Gasteiger partial charge in [0.1, 0.15) is 5.82 Å². The molecule has 1 amide bonds. The first kappa shape index (κ1) is 24.4. The molecule has 0 heterocycles. The average Bonchev–Trinajstić information content (AvgIpc) is 2.79. The van der Waals surface area contributed by atoms with E-state index in [1.54, 1.807) is 12.1 Å². The van der Waals surface area contributed by atoms with Crippen molar-refractivity contribution in [2.75, 3.05) is 6.54 Å². The quantitative estimate of drug-likeness (QED) is 0.419. The van der Waals surface area contributed by atoms with Crippen molar-refractivity contribution >= 4 is 17.7 Å². The summed E-state index contributed by atoms with van der Waals surface area (Å²) in [6.07, 6.45) is 1.54. The van der Waals surface area contributed by atoms with Gasteiger partial charge in [0, 0.05) is 24.6 Å². The number of aliphatic carboxylic acids is 1. The second-order valence-electron chi connectivity index (χ2n) is 8.34. The van der Waals surface area contributed by atoms with Gasteiger partial charge in [-0.3, -0.25) is 14.4 Å². The van der Waals surface area contributed by atoms with Crippen LogP contribution < -0.4 is 10.1 Å². The van der Waals surface area contributed by atoms with Gasteiger partial charge in [-0.15, -0.1) is 0 Å². The summed E-state index contributed by atoms with van der Waals surface area (Å²) in [4.78, 5) is 35.4. The number of carboxylic acids is 1. The molecule has 2 N–H and O–H groups in total. The van der Waals surface area contributed by atoms with E-state index in [0.29, 0.717) is 31.2 Å². The van der Waals surface area contributed by atoms with E-state index >= 15 is 0 Å². The summed E-state index contributed by atoms with van der Waals surface area (Å²) in [6.45, 7) is 2.14. The Kier molecular flexibility index (Phi) is 8.14. The minimum Gasteiger partial charge on any atom is -0.487 e. The van der Waals surface area contributed by atoms with Gasteiger partial charge in [-0.05, 0) is 57.2 Å². The van der Waals surface area contributed by atoms with Crippen molar-refractivity contribution in [1.29, 1.82) is 0 Å². The molecule has 0 atom stereocenters. The lowest BCUT2D eigenvalue weighted by atomic mass is 9.87. The minimum atomic E-state index is -0.876. The minimum absolute atomic E-state index is 0.0516. The molecule has 3 rings (SSSR count). The highest BCUT2D eigenvalue weighted by Crippen LogP contribution is 2.30. The first-order valence-electron chi connectivity index (χ1n) is 11.0. The molecule has 1 fully saturated rings. The van der Waals surface area contributed by atoms with Crippen LogP contribution in [0.2, 0.25) is 0 Å². The Hall–Kier alpha value is -3.29. The van der Waals surface area contributed by atoms with Crippen LogP contribution in [-0.4, -0.2) is 35.4 Å². The van der Waals surface area contributed by atoms with Crippen molar-refractivity contribution in [2.24, 2.45) is 5.92 Å². The fraction of sp³-hybridized carbons (Fsp3) is 0.400. The van der Waals surface area contributed by atoms with Crippen LogP contribution in [0.3, 0.4) is 0 Å². The van der Waals surface area contributed by atoms with Gasteiger partial charge in [0.25, 0.3) is 5.91 Å². The number of ether oxygens (including phenoxy) is 1. The molecule has 0 bridgehead atoms. The fourth-order valence-electron chi connectivity index (χ4n) is 3.83. The van der Waals surface area contributed by atoms with Crippen LogP contribution in [0, 0.1) is 24.5 Å². The van der Waals surface area contributed by atoms with Gasteiger partial charge in [-0.1, -0.05) is 17.7 Å². The zero-order chi connectivity index (χ0) is 24.0. The molecule has 1 saturated carbocycles. The molecule has 8 heteroatoms. The molecule has 0 aliphatic heterocycles. The largest absolute Gasteiger partial charge is 0.487 e. The maximum Gasteiger partial charge on any atom is 0.306 e. The van der Waals surface area contributed by atoms with Crippen molar-refractivity contribution in [3.8, 4) is 5.75 Å². The highest BCUT2D eigenvalue weighted by Gasteiger charge is 2.28. The molecule has 1 aliphatic carbocycles. The van der Waals surface area contributed by atoms with E-state index in [1.165, 1.54) is 0 Å². The van der Waals surface area contributed by atoms with E-state index in [0.717, 1.165) is 17.7 Å². The number of Topliss-reactive ketones (excluding diaryl/α,β-unsaturated/α-hetero) is 1. The molecule has 2 aromatic rings. The van der Waals surface area contributed by atoms with Crippen LogP contribution in [0.15, 0.2) is 36.4 Å². The monoisotopic (exact) mass is 459 g/mol. The Labute approximate surface area is 191 Å². The van der Waals surface area contributed by atoms with Crippen LogP contribution in [0.5, 0.6) is 5.75 Å². The van der Waals surface area contributed by atoms with Crippen molar-refractivity contribution in [3.05, 3.63) is 64.7 Å². The van der Waals surface area contributed by atoms with Crippen molar-refractivity contribution in [1.82, 2.24) is 5.32 Å². The van der Waals surface area contributed by atoms with Gasteiger partial charge >= 0.3 is 5.97 Å². The molecule has 176 valence electrons. The summed E-state index contributed by atoms with van der Waals surface area (Å²) in [5.74, 6) is -4.13. The first-order valence-corrected chi connectivity index (χ1v) is 11.0. The van der Waals surface area contributed by atoms with E-state index in [-0.39, 0.29) is 36.6 Å². The number of halogens is 2. The van der Waals surface area contributed by atoms with Crippen LogP contribution in [0.25, 0.3) is 0 Å². The van der Waals surface area contributed by atoms with Gasteiger partial charge in [-0.25, -0.2) is 8.78 Å². The summed E-state index contributed by atoms with van der Waals surface area (Å²) in [7, 11) is 0. The maximum absolute atomic E-state index is 14.5. The summed E-state index contributed by atoms with van der Waals surface area (Å²) < 4.78 is 34.5. The van der Waals surface area contributed by atoms with Crippen LogP contribution >= 0.6 is 0 Å². The fourth-order valence-corrected chi connectivity index (χ4v) is 3.83. The summed E-state index contributed by atoms with van der Waals surface area (Å²) in [5.41, 5.74) is 1.18. The van der Waals surface area contributed by atoms with Crippen molar-refractivity contribution in [2.45, 2.75) is 51.6 Å². The molecule has 1 aliphatic rings. The number of hydrogen-bond acceptors (Lipinski definition) is 4. The Balaban J connectivity index is 1.49. The van der Waals surface area contributed by atoms with Gasteiger partial charge in [-0.2, -0.15) is 0 Å². The number of carboxylic acid groups (broad SMARTS) is 1. The molecule has 0 saturated heterocycles. The molecule has 2 aromatic carbocycles. The van der Waals surface area contributed by atoms with Gasteiger partial charge in [0.05, 0.1) is 17.6 Å². The lowest BCUT2D eigenvalue weighted by Crippen LogP contribution is -2.28. The summed E-state index contributed by atoms with van der Waals surface area (Å²) in [5, 5.41) is 11.7. The molecule has 0 aromatic heterocycles. The lowest BCUT2D eigenvalue weighted by molar-refractivity contribution is -0.143. The van der Waals surface area contributed by atoms with Crippen molar-refractivity contribution in [3.63, 3.8) is 0 Å². The first-order chi connectivity index (χ1) is 15.7. The molecule has 0 spiro atoms. The third-order valence-corrected chi connectivity index (χ3v) is 5.82. The number of nitrogens with one attached hydrogen (secondary N) is 1. The van der Waals surface area contributed by atoms with Crippen LogP contribution in [0.1, 0.15) is 64.8 Å². The number of rotatable bonds is 9. The number of benzene rings is 2. The van der Waals surface area contributed by atoms with Crippen LogP contribution in [0.4, 0.5) is 8.78 Å². The van der Waals surface area contributed by atoms with E-state index in [2.05, 4.69) is 5.32 Å². The predicted octanol–water partition coefficient (Wildman–Crippen LogP) is 4.69. The number of amides is 1. The number of aryl methyl sites for hydroxylation is 1. The molecule has 33 heavy (non-hydrogen) atoms. The predicted molar refractivity (Wildman–Crippen MR) is 117 cm³/mol. The Morgan fingerprint density at radius 2 is 1.70 bits per heavy atom. The number of carbonyl (C=O) groups excluding carboxylic acids is 2. The number of ketones is 1. The lowest BCUT2D eigenvalue weighted by Gasteiger charge is -2.27. The van der Waals surface area contributed by atoms with Crippen molar-refractivity contribution < 1.29 is 33.0 Å². The molecule has 0 unspecified atom stereocenters. The summed E-state index contributed by atoms with van der Waals surface area (Å²) >= 11 is 0. The van der Waals surface area contributed by atoms with E-state index in [9.17, 15) is 23.2 Å². The zero-order valence-corrected chi connectivity index (χ0v) is 18.4. The zero-order valence-electron chi connectivity index (χ0n) is 18.4. The smallest absolute Gasteiger partial charge is 0.306 e. The maximum atomic E-state index is 14.5. The average molecular weight is 459 g/mol. The van der Waals surface area contributed by atoms with Gasteiger partial charge in [0.2, 0.25) is 0 Å². The van der Waals surface area contributed by atoms with Gasteiger partial charge < -0.3 is 15.2 Å². The third kappa shape index (κ3) is 6.60. The normalized spacial score (nSPS) is 17.9. The van der Waals surface area contributed by atoms with E-state index in [1.807, 2.05) is 19.1 Å². The van der Waals surface area contributed by atoms with Gasteiger partial charge in [0.15, 0.2) is 17.3 Å². The summed E-state index contributed by atoms with van der Waals surface area (Å²) in [6, 6.07) is 8.75. The molecule has 6 nitrogen and oxygen atoms in total. The molecule has 0 radical (unpaired) electrons. The van der Waals surface area contributed by atoms with Crippen LogP contribution in [-0.2, 0) is 4.79 Å². The number of carbonyl (C=O) groups is 3. The molecular formula is C25H27F2NO5. The molecular weight excluding hydrogens is 432 g/mol. The highest BCUT2D eigenvalue weighted by atomic mass is 19.1. The third-order valence-electron chi connectivity index (χ3n) is 5.82.